The Balaban J connectivity index is 2.24. The Morgan fingerprint density at radius 3 is 2.02 bits per heavy atom. The standard InChI is InChI=1S/C29H54N4O4SSi2/c1-12-40(13-2,14-3)37-27(22-24(5)25(6)36-39(10,11)29(7,8)9)23(4)20-21-38(34,35)28-30-31-32-33(28)26-18-16-15-17-19-26/h15-19,23-25,27H,12-14,20-22H2,1-11H3/t23-,24-,25-,27+/m0/s1. The fraction of sp³-hybridized carbons (Fsp3) is 0.759. The van der Waals surface area contributed by atoms with Crippen molar-refractivity contribution in [3.8, 4) is 5.69 Å². The van der Waals surface area contributed by atoms with Crippen molar-refractivity contribution in [2.75, 3.05) is 5.75 Å². The summed E-state index contributed by atoms with van der Waals surface area (Å²) in [6, 6.07) is 12.3. The number of rotatable bonds is 16. The van der Waals surface area contributed by atoms with Crippen molar-refractivity contribution in [3.63, 3.8) is 0 Å². The number of sulfone groups is 1. The van der Waals surface area contributed by atoms with E-state index in [1.165, 1.54) is 4.68 Å². The van der Waals surface area contributed by atoms with Gasteiger partial charge in [0.25, 0.3) is 5.16 Å². The third-order valence-electron chi connectivity index (χ3n) is 9.22. The Kier molecular flexibility index (Phi) is 12.3. The van der Waals surface area contributed by atoms with Crippen LogP contribution in [-0.4, -0.2) is 63.2 Å². The van der Waals surface area contributed by atoms with Crippen LogP contribution in [0.2, 0.25) is 36.3 Å². The number of tetrazole rings is 1. The number of hydrogen-bond donors (Lipinski definition) is 0. The van der Waals surface area contributed by atoms with Gasteiger partial charge in [-0.25, -0.2) is 8.42 Å². The number of aromatic nitrogens is 4. The smallest absolute Gasteiger partial charge is 0.272 e. The molecule has 0 aliphatic carbocycles. The Hall–Kier alpha value is -1.41. The molecule has 1 heterocycles. The fourth-order valence-electron chi connectivity index (χ4n) is 4.76. The van der Waals surface area contributed by atoms with Gasteiger partial charge in [-0.15, -0.1) is 0 Å². The van der Waals surface area contributed by atoms with E-state index >= 15 is 0 Å². The van der Waals surface area contributed by atoms with E-state index in [4.69, 9.17) is 8.85 Å². The summed E-state index contributed by atoms with van der Waals surface area (Å²) in [7, 11) is -7.54. The third kappa shape index (κ3) is 8.80. The summed E-state index contributed by atoms with van der Waals surface area (Å²) in [4.78, 5) is 0. The third-order valence-corrected chi connectivity index (χ3v) is 20.0. The molecule has 2 aromatic rings. The minimum atomic E-state index is -3.71. The van der Waals surface area contributed by atoms with Gasteiger partial charge in [-0.05, 0) is 90.4 Å². The minimum absolute atomic E-state index is 0.0349. The van der Waals surface area contributed by atoms with Crippen LogP contribution in [0.1, 0.15) is 75.2 Å². The molecule has 0 spiro atoms. The highest BCUT2D eigenvalue weighted by molar-refractivity contribution is 7.91. The molecule has 0 radical (unpaired) electrons. The lowest BCUT2D eigenvalue weighted by molar-refractivity contribution is 0.0640. The van der Waals surface area contributed by atoms with Crippen LogP contribution < -0.4 is 0 Å². The van der Waals surface area contributed by atoms with Crippen LogP contribution in [0.15, 0.2) is 35.5 Å². The molecule has 4 atom stereocenters. The summed E-state index contributed by atoms with van der Waals surface area (Å²) in [5.74, 6) is 0.292. The maximum Gasteiger partial charge on any atom is 0.272 e. The van der Waals surface area contributed by atoms with E-state index in [1.807, 2.05) is 18.2 Å². The van der Waals surface area contributed by atoms with E-state index in [2.05, 4.69) is 90.9 Å². The van der Waals surface area contributed by atoms with E-state index < -0.39 is 26.5 Å². The summed E-state index contributed by atoms with van der Waals surface area (Å²) in [5, 5.41) is 11.5. The molecule has 0 fully saturated rings. The minimum Gasteiger partial charge on any atom is -0.414 e. The van der Waals surface area contributed by atoms with Crippen LogP contribution in [-0.2, 0) is 18.7 Å². The molecule has 0 amide bonds. The van der Waals surface area contributed by atoms with Crippen molar-refractivity contribution in [1.29, 1.82) is 0 Å². The lowest BCUT2D eigenvalue weighted by atomic mass is 9.91. The van der Waals surface area contributed by atoms with Gasteiger partial charge >= 0.3 is 0 Å². The Morgan fingerprint density at radius 1 is 0.925 bits per heavy atom. The van der Waals surface area contributed by atoms with Gasteiger partial charge in [0.05, 0.1) is 11.4 Å². The molecular formula is C29H54N4O4SSi2. The Morgan fingerprint density at radius 2 is 1.50 bits per heavy atom. The normalized spacial score (nSPS) is 16.5. The molecule has 228 valence electrons. The molecule has 1 aromatic carbocycles. The quantitative estimate of drug-likeness (QED) is 0.184. The fourth-order valence-corrected chi connectivity index (χ4v) is 10.7. The van der Waals surface area contributed by atoms with Gasteiger partial charge in [0.15, 0.2) is 16.6 Å². The van der Waals surface area contributed by atoms with Crippen LogP contribution in [0, 0.1) is 11.8 Å². The SMILES string of the molecule is CC[Si](CC)(CC)O[C@H](C[C@H](C)[C@H](C)O[Si](C)(C)C(C)(C)C)[C@@H](C)CCS(=O)(=O)c1nnnn1-c1ccccc1. The summed E-state index contributed by atoms with van der Waals surface area (Å²) in [5.41, 5.74) is 0.620. The molecule has 0 aliphatic rings. The van der Waals surface area contributed by atoms with Gasteiger partial charge in [-0.3, -0.25) is 0 Å². The van der Waals surface area contributed by atoms with E-state index in [0.717, 1.165) is 24.6 Å². The van der Waals surface area contributed by atoms with E-state index in [1.54, 1.807) is 12.1 Å². The van der Waals surface area contributed by atoms with E-state index in [0.29, 0.717) is 12.1 Å². The van der Waals surface area contributed by atoms with Crippen LogP contribution in [0.4, 0.5) is 0 Å². The highest BCUT2D eigenvalue weighted by atomic mass is 32.2. The molecule has 0 aliphatic heterocycles. The summed E-state index contributed by atoms with van der Waals surface area (Å²) >= 11 is 0. The second-order valence-corrected chi connectivity index (χ2v) is 24.5. The van der Waals surface area contributed by atoms with Crippen LogP contribution in [0.5, 0.6) is 0 Å². The predicted molar refractivity (Wildman–Crippen MR) is 169 cm³/mol. The van der Waals surface area contributed by atoms with Gasteiger partial charge in [0.2, 0.25) is 9.84 Å². The first-order valence-corrected chi connectivity index (χ1v) is 22.0. The number of hydrogen-bond acceptors (Lipinski definition) is 7. The van der Waals surface area contributed by atoms with Crippen LogP contribution in [0.3, 0.4) is 0 Å². The second-order valence-electron chi connectivity index (χ2n) is 13.0. The first-order valence-electron chi connectivity index (χ1n) is 14.9. The maximum atomic E-state index is 13.4. The van der Waals surface area contributed by atoms with E-state index in [9.17, 15) is 8.42 Å². The molecule has 0 N–H and O–H groups in total. The first kappa shape index (κ1) is 34.8. The van der Waals surface area contributed by atoms with Crippen molar-refractivity contribution in [1.82, 2.24) is 20.2 Å². The highest BCUT2D eigenvalue weighted by Gasteiger charge is 2.40. The average molecular weight is 611 g/mol. The topological polar surface area (TPSA) is 96.2 Å². The summed E-state index contributed by atoms with van der Waals surface area (Å²) in [6.45, 7) is 24.7. The molecule has 8 nitrogen and oxygen atoms in total. The summed E-state index contributed by atoms with van der Waals surface area (Å²) in [6.07, 6.45) is 1.38. The van der Waals surface area contributed by atoms with Gasteiger partial charge in [-0.2, -0.15) is 4.68 Å². The monoisotopic (exact) mass is 610 g/mol. The number of para-hydroxylation sites is 1. The van der Waals surface area contributed by atoms with Crippen molar-refractivity contribution in [3.05, 3.63) is 30.3 Å². The van der Waals surface area contributed by atoms with Crippen LogP contribution in [0.25, 0.3) is 5.69 Å². The average Bonchev–Trinajstić information content (AvgIpc) is 3.41. The number of nitrogens with zero attached hydrogens (tertiary/aromatic N) is 4. The van der Waals surface area contributed by atoms with E-state index in [-0.39, 0.29) is 40.0 Å². The summed E-state index contributed by atoms with van der Waals surface area (Å²) < 4.78 is 42.0. The van der Waals surface area contributed by atoms with Gasteiger partial charge < -0.3 is 8.85 Å². The molecule has 0 bridgehead atoms. The molecule has 40 heavy (non-hydrogen) atoms. The lowest BCUT2D eigenvalue weighted by Crippen LogP contribution is -2.46. The van der Waals surface area contributed by atoms with Crippen molar-refractivity contribution < 1.29 is 17.3 Å². The Labute approximate surface area is 245 Å². The molecule has 0 unspecified atom stereocenters. The van der Waals surface area contributed by atoms with Crippen molar-refractivity contribution in [2.45, 2.75) is 129 Å². The largest absolute Gasteiger partial charge is 0.414 e. The van der Waals surface area contributed by atoms with Gasteiger partial charge in [-0.1, -0.05) is 78.7 Å². The predicted octanol–water partition coefficient (Wildman–Crippen LogP) is 7.29. The van der Waals surface area contributed by atoms with Crippen molar-refractivity contribution >= 4 is 26.5 Å². The molecule has 0 saturated heterocycles. The lowest BCUT2D eigenvalue weighted by Gasteiger charge is -2.42. The molecule has 2 rings (SSSR count). The Bertz CT molecular complexity index is 1140. The van der Waals surface area contributed by atoms with Crippen molar-refractivity contribution in [2.24, 2.45) is 11.8 Å². The maximum absolute atomic E-state index is 13.4. The first-order chi connectivity index (χ1) is 18.5. The molecule has 0 saturated carbocycles. The second kappa shape index (κ2) is 14.2. The highest BCUT2D eigenvalue weighted by Crippen LogP contribution is 2.39. The molecule has 11 heteroatoms. The zero-order valence-corrected chi connectivity index (χ0v) is 29.6. The van der Waals surface area contributed by atoms with Crippen LogP contribution >= 0.6 is 0 Å². The molecule has 1 aromatic heterocycles. The van der Waals surface area contributed by atoms with Gasteiger partial charge in [0, 0.05) is 12.2 Å². The zero-order chi connectivity index (χ0) is 30.4. The zero-order valence-electron chi connectivity index (χ0n) is 26.8. The molecular weight excluding hydrogens is 557 g/mol. The number of benzene rings is 1. The van der Waals surface area contributed by atoms with Gasteiger partial charge in [0.1, 0.15) is 0 Å².